The van der Waals surface area contributed by atoms with Crippen LogP contribution < -0.4 is 5.32 Å². The lowest BCUT2D eigenvalue weighted by molar-refractivity contribution is -0.137. The zero-order valence-electron chi connectivity index (χ0n) is 10.5. The fraction of sp³-hybridized carbons (Fsp3) is 0.385. The Morgan fingerprint density at radius 2 is 2.16 bits per heavy atom. The smallest absolute Gasteiger partial charge is 0.305 e. The van der Waals surface area contributed by atoms with Crippen LogP contribution in [0.4, 0.5) is 0 Å². The molecule has 0 fully saturated rings. The number of carboxylic acids is 1. The maximum atomic E-state index is 12.1. The molecule has 0 heterocycles. The first-order valence-electron chi connectivity index (χ1n) is 5.91. The van der Waals surface area contributed by atoms with Crippen molar-refractivity contribution in [1.29, 1.82) is 0 Å². The van der Waals surface area contributed by atoms with E-state index in [9.17, 15) is 9.59 Å². The molecule has 6 heteroatoms. The molecule has 1 amide bonds. The van der Waals surface area contributed by atoms with Gasteiger partial charge in [0.2, 0.25) is 0 Å². The minimum absolute atomic E-state index is 0.0544. The summed E-state index contributed by atoms with van der Waals surface area (Å²) < 4.78 is 1.66. The zero-order valence-corrected chi connectivity index (χ0v) is 14.2. The second kappa shape index (κ2) is 7.84. The second-order valence-corrected chi connectivity index (χ2v) is 6.28. The van der Waals surface area contributed by atoms with Gasteiger partial charge in [-0.05, 0) is 63.1 Å². The SMILES string of the molecule is CCCC(CC(=O)O)NC(=O)c1cc(I)ccc1Br. The maximum Gasteiger partial charge on any atom is 0.305 e. The minimum atomic E-state index is -0.902. The summed E-state index contributed by atoms with van der Waals surface area (Å²) in [7, 11) is 0. The van der Waals surface area contributed by atoms with Crippen molar-refractivity contribution in [3.05, 3.63) is 31.8 Å². The molecule has 1 rings (SSSR count). The Hall–Kier alpha value is -0.630. The molecular weight excluding hydrogens is 425 g/mol. The third-order valence-electron chi connectivity index (χ3n) is 2.57. The monoisotopic (exact) mass is 439 g/mol. The van der Waals surface area contributed by atoms with E-state index >= 15 is 0 Å². The summed E-state index contributed by atoms with van der Waals surface area (Å²) in [6, 6.07) is 5.13. The lowest BCUT2D eigenvalue weighted by Crippen LogP contribution is -2.36. The fourth-order valence-electron chi connectivity index (χ4n) is 1.72. The Balaban J connectivity index is 2.81. The Kier molecular flexibility index (Phi) is 6.78. The molecule has 0 spiro atoms. The topological polar surface area (TPSA) is 66.4 Å². The molecule has 0 aliphatic heterocycles. The quantitative estimate of drug-likeness (QED) is 0.667. The van der Waals surface area contributed by atoms with Gasteiger partial charge in [0.1, 0.15) is 0 Å². The van der Waals surface area contributed by atoms with Gasteiger partial charge in [0.25, 0.3) is 5.91 Å². The number of nitrogens with one attached hydrogen (secondary N) is 1. The van der Waals surface area contributed by atoms with Crippen LogP contribution in [-0.4, -0.2) is 23.0 Å². The number of hydrogen-bond donors (Lipinski definition) is 2. The van der Waals surface area contributed by atoms with Crippen LogP contribution in [0.5, 0.6) is 0 Å². The average molecular weight is 440 g/mol. The minimum Gasteiger partial charge on any atom is -0.481 e. The van der Waals surface area contributed by atoms with Crippen molar-refractivity contribution in [1.82, 2.24) is 5.32 Å². The van der Waals surface area contributed by atoms with Crippen LogP contribution in [0.25, 0.3) is 0 Å². The van der Waals surface area contributed by atoms with Gasteiger partial charge in [-0.25, -0.2) is 0 Å². The molecule has 0 bridgehead atoms. The summed E-state index contributed by atoms with van der Waals surface area (Å²) in [5.41, 5.74) is 0.526. The number of amides is 1. The lowest BCUT2D eigenvalue weighted by atomic mass is 10.1. The number of benzene rings is 1. The summed E-state index contributed by atoms with van der Waals surface area (Å²) in [5.74, 6) is -1.15. The summed E-state index contributed by atoms with van der Waals surface area (Å²) >= 11 is 5.46. The van der Waals surface area contributed by atoms with Gasteiger partial charge in [-0.2, -0.15) is 0 Å². The van der Waals surface area contributed by atoms with Gasteiger partial charge in [-0.3, -0.25) is 9.59 Å². The molecule has 2 N–H and O–H groups in total. The van der Waals surface area contributed by atoms with E-state index in [0.717, 1.165) is 9.99 Å². The van der Waals surface area contributed by atoms with Crippen molar-refractivity contribution < 1.29 is 14.7 Å². The first kappa shape index (κ1) is 16.4. The number of aliphatic carboxylic acids is 1. The second-order valence-electron chi connectivity index (χ2n) is 4.18. The van der Waals surface area contributed by atoms with Gasteiger partial charge in [-0.15, -0.1) is 0 Å². The molecule has 0 aliphatic carbocycles. The highest BCUT2D eigenvalue weighted by molar-refractivity contribution is 14.1. The van der Waals surface area contributed by atoms with Crippen LogP contribution in [0.15, 0.2) is 22.7 Å². The molecule has 4 nitrogen and oxygen atoms in total. The Morgan fingerprint density at radius 3 is 2.74 bits per heavy atom. The van der Waals surface area contributed by atoms with Crippen molar-refractivity contribution >= 4 is 50.4 Å². The van der Waals surface area contributed by atoms with Crippen LogP contribution in [-0.2, 0) is 4.79 Å². The van der Waals surface area contributed by atoms with Crippen molar-refractivity contribution in [2.24, 2.45) is 0 Å². The van der Waals surface area contributed by atoms with Gasteiger partial charge < -0.3 is 10.4 Å². The highest BCUT2D eigenvalue weighted by Crippen LogP contribution is 2.20. The number of rotatable bonds is 6. The van der Waals surface area contributed by atoms with Gasteiger partial charge in [-0.1, -0.05) is 13.3 Å². The Morgan fingerprint density at radius 1 is 1.47 bits per heavy atom. The van der Waals surface area contributed by atoms with E-state index < -0.39 is 5.97 Å². The molecule has 0 aromatic heterocycles. The van der Waals surface area contributed by atoms with E-state index in [4.69, 9.17) is 5.11 Å². The van der Waals surface area contributed by atoms with Crippen LogP contribution in [0.2, 0.25) is 0 Å². The van der Waals surface area contributed by atoms with Crippen molar-refractivity contribution in [3.8, 4) is 0 Å². The molecule has 1 aromatic carbocycles. The molecule has 1 atom stereocenters. The van der Waals surface area contributed by atoms with Crippen molar-refractivity contribution in [2.75, 3.05) is 0 Å². The summed E-state index contributed by atoms with van der Waals surface area (Å²) in [6.07, 6.45) is 1.42. The zero-order chi connectivity index (χ0) is 14.4. The van der Waals surface area contributed by atoms with Crippen LogP contribution in [0.1, 0.15) is 36.5 Å². The molecule has 19 heavy (non-hydrogen) atoms. The molecular formula is C13H15BrINO3. The number of carbonyl (C=O) groups is 2. The number of carbonyl (C=O) groups excluding carboxylic acids is 1. The summed E-state index contributed by atoms with van der Waals surface area (Å²) in [4.78, 5) is 22.9. The highest BCUT2D eigenvalue weighted by Gasteiger charge is 2.17. The number of hydrogen-bond acceptors (Lipinski definition) is 2. The molecule has 0 saturated heterocycles. The highest BCUT2D eigenvalue weighted by atomic mass is 127. The van der Waals surface area contributed by atoms with Gasteiger partial charge in [0.05, 0.1) is 12.0 Å². The number of halogens is 2. The molecule has 1 unspecified atom stereocenters. The first-order chi connectivity index (χ1) is 8.93. The Bertz CT molecular complexity index is 479. The molecule has 0 saturated carbocycles. The predicted octanol–water partition coefficient (Wildman–Crippen LogP) is 3.43. The van der Waals surface area contributed by atoms with Gasteiger partial charge in [0, 0.05) is 14.1 Å². The van der Waals surface area contributed by atoms with E-state index in [-0.39, 0.29) is 18.4 Å². The van der Waals surface area contributed by atoms with Crippen LogP contribution >= 0.6 is 38.5 Å². The van der Waals surface area contributed by atoms with Crippen LogP contribution in [0, 0.1) is 3.57 Å². The predicted molar refractivity (Wildman–Crippen MR) is 85.3 cm³/mol. The standard InChI is InChI=1S/C13H15BrINO3/c1-2-3-9(7-12(17)18)16-13(19)10-6-8(15)4-5-11(10)14/h4-6,9H,2-3,7H2,1H3,(H,16,19)(H,17,18). The van der Waals surface area contributed by atoms with E-state index in [2.05, 4.69) is 43.8 Å². The molecule has 0 aliphatic rings. The Labute approximate surface area is 134 Å². The lowest BCUT2D eigenvalue weighted by Gasteiger charge is -2.16. The summed E-state index contributed by atoms with van der Waals surface area (Å²) in [5, 5.41) is 11.6. The maximum absolute atomic E-state index is 12.1. The van der Waals surface area contributed by atoms with Gasteiger partial charge in [0.15, 0.2) is 0 Å². The first-order valence-corrected chi connectivity index (χ1v) is 7.79. The van der Waals surface area contributed by atoms with E-state index in [1.807, 2.05) is 19.1 Å². The third kappa shape index (κ3) is 5.48. The molecule has 0 radical (unpaired) electrons. The third-order valence-corrected chi connectivity index (χ3v) is 3.93. The fourth-order valence-corrected chi connectivity index (χ4v) is 2.64. The van der Waals surface area contributed by atoms with Crippen molar-refractivity contribution in [3.63, 3.8) is 0 Å². The normalized spacial score (nSPS) is 11.9. The largest absolute Gasteiger partial charge is 0.481 e. The van der Waals surface area contributed by atoms with Crippen molar-refractivity contribution in [2.45, 2.75) is 32.2 Å². The van der Waals surface area contributed by atoms with Crippen LogP contribution in [0.3, 0.4) is 0 Å². The molecule has 1 aromatic rings. The van der Waals surface area contributed by atoms with E-state index in [1.165, 1.54) is 0 Å². The van der Waals surface area contributed by atoms with E-state index in [0.29, 0.717) is 16.5 Å². The number of carboxylic acid groups (broad SMARTS) is 1. The molecule has 104 valence electrons. The van der Waals surface area contributed by atoms with E-state index in [1.54, 1.807) is 6.07 Å². The average Bonchev–Trinajstić information content (AvgIpc) is 2.31. The van der Waals surface area contributed by atoms with Gasteiger partial charge >= 0.3 is 5.97 Å². The summed E-state index contributed by atoms with van der Waals surface area (Å²) in [6.45, 7) is 1.96.